The summed E-state index contributed by atoms with van der Waals surface area (Å²) in [7, 11) is 3.82. The van der Waals surface area contributed by atoms with Gasteiger partial charge >= 0.3 is 0 Å². The maximum Gasteiger partial charge on any atom is 0.179 e. The molecule has 1 aromatic heterocycles. The van der Waals surface area contributed by atoms with Gasteiger partial charge in [0.15, 0.2) is 8.07 Å². The summed E-state index contributed by atoms with van der Waals surface area (Å²) in [6, 6.07) is 87.1. The molecule has 306 valence electrons. The van der Waals surface area contributed by atoms with E-state index in [0.717, 1.165) is 33.5 Å². The first-order valence-electron chi connectivity index (χ1n) is 21.9. The summed E-state index contributed by atoms with van der Waals surface area (Å²) in [5.41, 5.74) is 9.64. The number of phenols is 1. The van der Waals surface area contributed by atoms with Gasteiger partial charge in [-0.3, -0.25) is 0 Å². The summed E-state index contributed by atoms with van der Waals surface area (Å²) in [5.74, 6) is 1.36. The van der Waals surface area contributed by atoms with Crippen molar-refractivity contribution >= 4 is 63.9 Å². The zero-order valence-electron chi connectivity index (χ0n) is 35.6. The number of nitrogens with zero attached hydrogens (tertiary/aromatic N) is 1. The Kier molecular flexibility index (Phi) is 10.3. The Morgan fingerprint density at radius 1 is 0.385 bits per heavy atom. The molecule has 3 nitrogen and oxygen atoms in total. The van der Waals surface area contributed by atoms with E-state index < -0.39 is 8.07 Å². The maximum atomic E-state index is 11.4. The van der Waals surface area contributed by atoms with Crippen LogP contribution in [-0.2, 0) is 0 Å². The largest absolute Gasteiger partial charge is 0.507 e. The Hall–Kier alpha value is -8.12. The van der Waals surface area contributed by atoms with Crippen LogP contribution in [0.15, 0.2) is 249 Å². The van der Waals surface area contributed by atoms with Gasteiger partial charge in [0.2, 0.25) is 0 Å². The minimum absolute atomic E-state index is 0.189. The first-order valence-corrected chi connectivity index (χ1v) is 23.9. The van der Waals surface area contributed by atoms with Crippen molar-refractivity contribution in [2.45, 2.75) is 0 Å². The molecule has 0 aliphatic heterocycles. The molecule has 2 radical (unpaired) electrons. The lowest BCUT2D eigenvalue weighted by atomic mass is 9.92. The van der Waals surface area contributed by atoms with Gasteiger partial charge in [-0.05, 0) is 103 Å². The van der Waals surface area contributed by atoms with Crippen LogP contribution in [0, 0.1) is 0 Å². The fraction of sp³-hybridized carbons (Fsp3) is 0. The van der Waals surface area contributed by atoms with Crippen LogP contribution in [0.25, 0.3) is 60.9 Å². The molecule has 11 aromatic rings. The molecule has 0 fully saturated rings. The third kappa shape index (κ3) is 7.22. The van der Waals surface area contributed by atoms with Crippen molar-refractivity contribution in [3.63, 3.8) is 0 Å². The van der Waals surface area contributed by atoms with Gasteiger partial charge in [-0.15, -0.1) is 0 Å². The van der Waals surface area contributed by atoms with Crippen molar-refractivity contribution in [3.05, 3.63) is 249 Å². The highest BCUT2D eigenvalue weighted by atomic mass is 28.3. The van der Waals surface area contributed by atoms with E-state index in [9.17, 15) is 5.11 Å². The molecule has 0 unspecified atom stereocenters. The number of benzene rings is 10. The standard InChI is InChI=1S/C60H42BNO2Si/c61-56-36-32-45(42-30-34-47(35-31-42)62-57-28-12-10-26-53(57)54-27-11-13-29-58(54)62)41-60(56)64-48-18-14-17-46(38-48)55-40-44(33-37-59(55)63)43-16-15-25-52(39-43)65(49-19-4-1-5-20-49,50-21-6-2-7-22-50)51-23-8-3-9-24-51/h1-41,63H. The van der Waals surface area contributed by atoms with E-state index in [0.29, 0.717) is 22.5 Å². The highest BCUT2D eigenvalue weighted by molar-refractivity contribution is 7.19. The lowest BCUT2D eigenvalue weighted by Crippen LogP contribution is -2.74. The normalized spacial score (nSPS) is 11.5. The Morgan fingerprint density at radius 3 is 1.51 bits per heavy atom. The summed E-state index contributed by atoms with van der Waals surface area (Å²) >= 11 is 0. The van der Waals surface area contributed by atoms with E-state index in [1.165, 1.54) is 42.6 Å². The van der Waals surface area contributed by atoms with Crippen LogP contribution in [0.5, 0.6) is 17.2 Å². The molecule has 5 heteroatoms. The fourth-order valence-corrected chi connectivity index (χ4v) is 14.4. The number of rotatable bonds is 10. The van der Waals surface area contributed by atoms with E-state index in [1.807, 2.05) is 48.5 Å². The summed E-state index contributed by atoms with van der Waals surface area (Å²) in [5, 5.41) is 19.1. The molecule has 1 heterocycles. The number of hydrogen-bond acceptors (Lipinski definition) is 2. The minimum Gasteiger partial charge on any atom is -0.507 e. The van der Waals surface area contributed by atoms with E-state index in [1.54, 1.807) is 6.07 Å². The quantitative estimate of drug-likeness (QED) is 0.110. The van der Waals surface area contributed by atoms with Crippen molar-refractivity contribution in [3.8, 4) is 56.3 Å². The first kappa shape index (κ1) is 39.7. The van der Waals surface area contributed by atoms with Gasteiger partial charge in [-0.25, -0.2) is 0 Å². The number of fused-ring (bicyclic) bond motifs is 3. The van der Waals surface area contributed by atoms with Gasteiger partial charge in [0.05, 0.1) is 11.0 Å². The van der Waals surface area contributed by atoms with Crippen LogP contribution in [-0.4, -0.2) is 25.6 Å². The molecule has 0 bridgehead atoms. The van der Waals surface area contributed by atoms with Crippen LogP contribution in [0.2, 0.25) is 0 Å². The summed E-state index contributed by atoms with van der Waals surface area (Å²) in [6.07, 6.45) is 0. The average molecular weight is 848 g/mol. The van der Waals surface area contributed by atoms with Crippen molar-refractivity contribution in [2.75, 3.05) is 0 Å². The van der Waals surface area contributed by atoms with E-state index >= 15 is 0 Å². The lowest BCUT2D eigenvalue weighted by Gasteiger charge is -2.34. The molecule has 0 aliphatic rings. The molecule has 11 rings (SSSR count). The summed E-state index contributed by atoms with van der Waals surface area (Å²) in [4.78, 5) is 0. The second-order valence-corrected chi connectivity index (χ2v) is 20.3. The van der Waals surface area contributed by atoms with Crippen LogP contribution in [0.4, 0.5) is 0 Å². The van der Waals surface area contributed by atoms with Gasteiger partial charge in [0.25, 0.3) is 0 Å². The van der Waals surface area contributed by atoms with Gasteiger partial charge in [-0.2, -0.15) is 0 Å². The molecule has 0 atom stereocenters. The Bertz CT molecular complexity index is 3330. The predicted octanol–water partition coefficient (Wildman–Crippen LogP) is 11.5. The van der Waals surface area contributed by atoms with Crippen molar-refractivity contribution in [1.29, 1.82) is 0 Å². The molecule has 1 N–H and O–H groups in total. The Balaban J connectivity index is 0.909. The van der Waals surface area contributed by atoms with Gasteiger partial charge < -0.3 is 14.4 Å². The number of aromatic hydroxyl groups is 1. The van der Waals surface area contributed by atoms with Gasteiger partial charge in [0.1, 0.15) is 25.1 Å². The monoisotopic (exact) mass is 847 g/mol. The molecule has 0 saturated heterocycles. The van der Waals surface area contributed by atoms with Crippen LogP contribution in [0.3, 0.4) is 0 Å². The van der Waals surface area contributed by atoms with Gasteiger partial charge in [-0.1, -0.05) is 200 Å². The maximum absolute atomic E-state index is 11.4. The van der Waals surface area contributed by atoms with Crippen LogP contribution < -0.4 is 30.9 Å². The second kappa shape index (κ2) is 16.9. The molecule has 65 heavy (non-hydrogen) atoms. The van der Waals surface area contributed by atoms with E-state index in [-0.39, 0.29) is 5.75 Å². The third-order valence-corrected chi connectivity index (χ3v) is 17.4. The first-order chi connectivity index (χ1) is 32.0. The SMILES string of the molecule is [B]c1ccc(-c2ccc(-n3c4ccccc4c4ccccc43)cc2)cc1Oc1cccc(-c2cc(-c3cccc([Si](c4ccccc4)(c4ccccc4)c4ccccc4)c3)ccc2O)c1. The average Bonchev–Trinajstić information content (AvgIpc) is 3.71. The fourth-order valence-electron chi connectivity index (χ4n) is 9.60. The van der Waals surface area contributed by atoms with Crippen molar-refractivity contribution < 1.29 is 9.84 Å². The zero-order chi connectivity index (χ0) is 43.7. The topological polar surface area (TPSA) is 34.4 Å². The van der Waals surface area contributed by atoms with Crippen LogP contribution >= 0.6 is 0 Å². The molecular formula is C60H42BNO2Si. The highest BCUT2D eigenvalue weighted by Gasteiger charge is 2.41. The number of ether oxygens (including phenoxy) is 1. The Morgan fingerprint density at radius 2 is 0.877 bits per heavy atom. The number of phenolic OH excluding ortho intramolecular Hbond substituents is 1. The smallest absolute Gasteiger partial charge is 0.179 e. The van der Waals surface area contributed by atoms with Crippen molar-refractivity contribution in [1.82, 2.24) is 4.57 Å². The molecule has 0 spiro atoms. The third-order valence-electron chi connectivity index (χ3n) is 12.7. The molecule has 0 aliphatic carbocycles. The molecule has 10 aromatic carbocycles. The summed E-state index contributed by atoms with van der Waals surface area (Å²) in [6.45, 7) is 0. The van der Waals surface area contributed by atoms with E-state index in [2.05, 4.69) is 199 Å². The summed E-state index contributed by atoms with van der Waals surface area (Å²) < 4.78 is 8.86. The van der Waals surface area contributed by atoms with E-state index in [4.69, 9.17) is 12.6 Å². The van der Waals surface area contributed by atoms with Crippen LogP contribution in [0.1, 0.15) is 0 Å². The molecule has 0 saturated carbocycles. The molecular weight excluding hydrogens is 806 g/mol. The zero-order valence-corrected chi connectivity index (χ0v) is 36.6. The highest BCUT2D eigenvalue weighted by Crippen LogP contribution is 2.37. The number of hydrogen-bond donors (Lipinski definition) is 1. The lowest BCUT2D eigenvalue weighted by molar-refractivity contribution is 0.477. The number of para-hydroxylation sites is 2. The predicted molar refractivity (Wildman–Crippen MR) is 274 cm³/mol. The van der Waals surface area contributed by atoms with Crippen molar-refractivity contribution in [2.24, 2.45) is 0 Å². The minimum atomic E-state index is -2.74. The number of aromatic nitrogens is 1. The Labute approximate surface area is 381 Å². The second-order valence-electron chi connectivity index (χ2n) is 16.5. The molecule has 0 amide bonds. The van der Waals surface area contributed by atoms with Gasteiger partial charge in [0, 0.05) is 22.0 Å².